The minimum atomic E-state index is -0.414. The number of esters is 1. The van der Waals surface area contributed by atoms with Crippen LogP contribution in [0.25, 0.3) is 4.96 Å². The molecule has 2 aromatic heterocycles. The molecule has 1 aromatic carbocycles. The first-order valence-electron chi connectivity index (χ1n) is 6.76. The molecule has 0 bridgehead atoms. The molecular formula is C16H14N2O3S. The van der Waals surface area contributed by atoms with E-state index in [4.69, 9.17) is 4.74 Å². The van der Waals surface area contributed by atoms with Crippen LogP contribution in [0.2, 0.25) is 0 Å². The first-order chi connectivity index (χ1) is 10.5. The van der Waals surface area contributed by atoms with Gasteiger partial charge in [-0.2, -0.15) is 0 Å². The molecule has 22 heavy (non-hydrogen) atoms. The van der Waals surface area contributed by atoms with Crippen LogP contribution in [0.4, 0.5) is 0 Å². The van der Waals surface area contributed by atoms with Gasteiger partial charge >= 0.3 is 5.97 Å². The van der Waals surface area contributed by atoms with Gasteiger partial charge in [0.2, 0.25) is 0 Å². The molecule has 0 unspecified atom stereocenters. The Bertz CT molecular complexity index is 911. The maximum absolute atomic E-state index is 12.1. The van der Waals surface area contributed by atoms with E-state index in [0.29, 0.717) is 16.2 Å². The summed E-state index contributed by atoms with van der Waals surface area (Å²) in [5.41, 5.74) is 1.65. The van der Waals surface area contributed by atoms with Crippen LogP contribution in [0, 0.1) is 13.8 Å². The SMILES string of the molecule is Cc1cn2c(=O)cc(COC(=O)c3ccccc3C)nc2s1. The average Bonchev–Trinajstić information content (AvgIpc) is 2.86. The number of carbonyl (C=O) groups excluding carboxylic acids is 1. The highest BCUT2D eigenvalue weighted by Crippen LogP contribution is 2.14. The fourth-order valence-corrected chi connectivity index (χ4v) is 3.00. The van der Waals surface area contributed by atoms with E-state index < -0.39 is 5.97 Å². The molecule has 112 valence electrons. The van der Waals surface area contributed by atoms with Crippen molar-refractivity contribution >= 4 is 22.3 Å². The molecule has 0 atom stereocenters. The molecular weight excluding hydrogens is 300 g/mol. The van der Waals surface area contributed by atoms with Gasteiger partial charge in [0, 0.05) is 17.1 Å². The van der Waals surface area contributed by atoms with Gasteiger partial charge in [0.05, 0.1) is 11.3 Å². The highest BCUT2D eigenvalue weighted by molar-refractivity contribution is 7.16. The summed E-state index contributed by atoms with van der Waals surface area (Å²) in [5.74, 6) is -0.414. The largest absolute Gasteiger partial charge is 0.456 e. The Morgan fingerprint density at radius 2 is 2.09 bits per heavy atom. The second-order valence-corrected chi connectivity index (χ2v) is 6.18. The van der Waals surface area contributed by atoms with E-state index in [2.05, 4.69) is 4.98 Å². The summed E-state index contributed by atoms with van der Waals surface area (Å²) < 4.78 is 6.75. The van der Waals surface area contributed by atoms with E-state index >= 15 is 0 Å². The van der Waals surface area contributed by atoms with E-state index in [1.165, 1.54) is 21.8 Å². The van der Waals surface area contributed by atoms with Crippen molar-refractivity contribution in [3.05, 3.63) is 68.6 Å². The normalized spacial score (nSPS) is 10.8. The maximum Gasteiger partial charge on any atom is 0.338 e. The number of carbonyl (C=O) groups is 1. The molecule has 0 saturated carbocycles. The van der Waals surface area contributed by atoms with Crippen molar-refractivity contribution in [2.75, 3.05) is 0 Å². The number of thiazole rings is 1. The monoisotopic (exact) mass is 314 g/mol. The van der Waals surface area contributed by atoms with E-state index in [1.54, 1.807) is 18.3 Å². The Kier molecular flexibility index (Phi) is 3.77. The predicted molar refractivity (Wildman–Crippen MR) is 84.4 cm³/mol. The number of rotatable bonds is 3. The average molecular weight is 314 g/mol. The summed E-state index contributed by atoms with van der Waals surface area (Å²) >= 11 is 1.42. The van der Waals surface area contributed by atoms with Crippen LogP contribution in [0.3, 0.4) is 0 Å². The molecule has 0 radical (unpaired) electrons. The molecule has 3 rings (SSSR count). The Hall–Kier alpha value is -2.47. The highest BCUT2D eigenvalue weighted by atomic mass is 32.1. The van der Waals surface area contributed by atoms with Crippen LogP contribution < -0.4 is 5.56 Å². The van der Waals surface area contributed by atoms with Crippen LogP contribution in [0.1, 0.15) is 26.5 Å². The van der Waals surface area contributed by atoms with E-state index in [9.17, 15) is 9.59 Å². The number of hydrogen-bond donors (Lipinski definition) is 0. The van der Waals surface area contributed by atoms with Crippen molar-refractivity contribution < 1.29 is 9.53 Å². The Morgan fingerprint density at radius 1 is 1.32 bits per heavy atom. The minimum absolute atomic E-state index is 0.0180. The standard InChI is InChI=1S/C16H14N2O3S/c1-10-5-3-4-6-13(10)15(20)21-9-12-7-14(19)18-8-11(2)22-16(18)17-12/h3-8H,9H2,1-2H3. The Labute approximate surface area is 130 Å². The van der Waals surface area contributed by atoms with Gasteiger partial charge in [0.25, 0.3) is 5.56 Å². The topological polar surface area (TPSA) is 60.7 Å². The van der Waals surface area contributed by atoms with Gasteiger partial charge in [0.1, 0.15) is 6.61 Å². The number of aryl methyl sites for hydroxylation is 2. The number of fused-ring (bicyclic) bond motifs is 1. The number of aromatic nitrogens is 2. The predicted octanol–water partition coefficient (Wildman–Crippen LogP) is 2.73. The summed E-state index contributed by atoms with van der Waals surface area (Å²) in [6.45, 7) is 3.74. The van der Waals surface area contributed by atoms with Crippen molar-refractivity contribution in [3.63, 3.8) is 0 Å². The molecule has 5 nitrogen and oxygen atoms in total. The Balaban J connectivity index is 1.81. The van der Waals surface area contributed by atoms with Gasteiger partial charge in [-0.15, -0.1) is 11.3 Å². The van der Waals surface area contributed by atoms with E-state index in [1.807, 2.05) is 26.0 Å². The number of ether oxygens (including phenoxy) is 1. The fourth-order valence-electron chi connectivity index (χ4n) is 2.15. The van der Waals surface area contributed by atoms with Crippen molar-refractivity contribution in [2.24, 2.45) is 0 Å². The minimum Gasteiger partial charge on any atom is -0.456 e. The summed E-state index contributed by atoms with van der Waals surface area (Å²) in [4.78, 5) is 30.0. The zero-order chi connectivity index (χ0) is 15.7. The molecule has 0 aliphatic carbocycles. The number of hydrogen-bond acceptors (Lipinski definition) is 5. The molecule has 0 amide bonds. The van der Waals surface area contributed by atoms with Crippen molar-refractivity contribution in [2.45, 2.75) is 20.5 Å². The lowest BCUT2D eigenvalue weighted by atomic mass is 10.1. The molecule has 0 N–H and O–H groups in total. The lowest BCUT2D eigenvalue weighted by Crippen LogP contribution is -2.15. The molecule has 6 heteroatoms. The summed E-state index contributed by atoms with van der Waals surface area (Å²) in [6, 6.07) is 8.61. The van der Waals surface area contributed by atoms with Crippen molar-refractivity contribution in [3.8, 4) is 0 Å². The molecule has 3 aromatic rings. The number of nitrogens with zero attached hydrogens (tertiary/aromatic N) is 2. The first kappa shape index (κ1) is 14.5. The van der Waals surface area contributed by atoms with E-state index in [-0.39, 0.29) is 12.2 Å². The number of benzene rings is 1. The van der Waals surface area contributed by atoms with Gasteiger partial charge in [-0.3, -0.25) is 9.20 Å². The van der Waals surface area contributed by atoms with Gasteiger partial charge in [-0.25, -0.2) is 9.78 Å². The third kappa shape index (κ3) is 2.78. The third-order valence-electron chi connectivity index (χ3n) is 3.25. The van der Waals surface area contributed by atoms with Crippen LogP contribution in [0.15, 0.2) is 41.3 Å². The van der Waals surface area contributed by atoms with Crippen LogP contribution in [-0.2, 0) is 11.3 Å². The lowest BCUT2D eigenvalue weighted by Gasteiger charge is -2.06. The fraction of sp³-hybridized carbons (Fsp3) is 0.188. The lowest BCUT2D eigenvalue weighted by molar-refractivity contribution is 0.0467. The first-order valence-corrected chi connectivity index (χ1v) is 7.58. The molecule has 0 fully saturated rings. The van der Waals surface area contributed by atoms with Gasteiger partial charge in [-0.05, 0) is 25.5 Å². The van der Waals surface area contributed by atoms with Crippen molar-refractivity contribution in [1.29, 1.82) is 0 Å². The van der Waals surface area contributed by atoms with Gasteiger partial charge in [0.15, 0.2) is 4.96 Å². The summed E-state index contributed by atoms with van der Waals surface area (Å²) in [6.07, 6.45) is 1.75. The highest BCUT2D eigenvalue weighted by Gasteiger charge is 2.11. The molecule has 0 spiro atoms. The van der Waals surface area contributed by atoms with E-state index in [0.717, 1.165) is 10.4 Å². The smallest absolute Gasteiger partial charge is 0.338 e. The van der Waals surface area contributed by atoms with Gasteiger partial charge in [-0.1, -0.05) is 18.2 Å². The quantitative estimate of drug-likeness (QED) is 0.697. The Morgan fingerprint density at radius 3 is 2.86 bits per heavy atom. The molecule has 0 aliphatic heterocycles. The third-order valence-corrected chi connectivity index (χ3v) is 4.15. The van der Waals surface area contributed by atoms with Crippen LogP contribution in [-0.4, -0.2) is 15.4 Å². The van der Waals surface area contributed by atoms with Crippen LogP contribution >= 0.6 is 11.3 Å². The zero-order valence-electron chi connectivity index (χ0n) is 12.2. The summed E-state index contributed by atoms with van der Waals surface area (Å²) in [7, 11) is 0. The van der Waals surface area contributed by atoms with Crippen molar-refractivity contribution in [1.82, 2.24) is 9.38 Å². The molecule has 0 aliphatic rings. The van der Waals surface area contributed by atoms with Gasteiger partial charge < -0.3 is 4.74 Å². The second kappa shape index (κ2) is 5.73. The molecule has 0 saturated heterocycles. The zero-order valence-corrected chi connectivity index (χ0v) is 13.0. The van der Waals surface area contributed by atoms with Crippen LogP contribution in [0.5, 0.6) is 0 Å². The second-order valence-electron chi connectivity index (χ2n) is 4.97. The molecule has 2 heterocycles. The summed E-state index contributed by atoms with van der Waals surface area (Å²) in [5, 5.41) is 0. The maximum atomic E-state index is 12.1.